The molecule has 0 heterocycles. The summed E-state index contributed by atoms with van der Waals surface area (Å²) in [5.41, 5.74) is 3.31. The van der Waals surface area contributed by atoms with Gasteiger partial charge in [0.2, 0.25) is 0 Å². The van der Waals surface area contributed by atoms with Crippen molar-refractivity contribution in [1.82, 2.24) is 0 Å². The predicted molar refractivity (Wildman–Crippen MR) is 130 cm³/mol. The Hall–Kier alpha value is -1.83. The maximum absolute atomic E-state index is 15.2. The molecule has 1 unspecified atom stereocenters. The van der Waals surface area contributed by atoms with E-state index >= 15 is 4.39 Å². The van der Waals surface area contributed by atoms with Gasteiger partial charge in [0.15, 0.2) is 11.6 Å². The van der Waals surface area contributed by atoms with Crippen molar-refractivity contribution in [2.75, 3.05) is 0 Å². The monoisotopic (exact) mass is 424 g/mol. The van der Waals surface area contributed by atoms with Gasteiger partial charge in [0.25, 0.3) is 0 Å². The number of ether oxygens (including phenoxy) is 1. The van der Waals surface area contributed by atoms with Crippen LogP contribution in [0.25, 0.3) is 11.1 Å². The van der Waals surface area contributed by atoms with Crippen molar-refractivity contribution in [3.05, 3.63) is 53.8 Å². The first-order valence-electron chi connectivity index (χ1n) is 12.7. The lowest BCUT2D eigenvalue weighted by molar-refractivity contribution is 0.0437. The van der Waals surface area contributed by atoms with E-state index in [-0.39, 0.29) is 11.9 Å². The summed E-state index contributed by atoms with van der Waals surface area (Å²) in [4.78, 5) is 0. The molecule has 1 fully saturated rings. The van der Waals surface area contributed by atoms with Crippen LogP contribution < -0.4 is 4.74 Å². The van der Waals surface area contributed by atoms with Gasteiger partial charge < -0.3 is 4.74 Å². The van der Waals surface area contributed by atoms with Crippen LogP contribution in [0, 0.1) is 17.7 Å². The molecular formula is C29H41FO. The van der Waals surface area contributed by atoms with Gasteiger partial charge in [-0.25, -0.2) is 4.39 Å². The summed E-state index contributed by atoms with van der Waals surface area (Å²) in [5.74, 6) is 1.27. The van der Waals surface area contributed by atoms with Crippen LogP contribution in [0.5, 0.6) is 5.75 Å². The van der Waals surface area contributed by atoms with E-state index in [0.717, 1.165) is 36.8 Å². The van der Waals surface area contributed by atoms with Crippen molar-refractivity contribution < 1.29 is 9.13 Å². The van der Waals surface area contributed by atoms with E-state index < -0.39 is 0 Å². The first-order valence-corrected chi connectivity index (χ1v) is 12.7. The lowest BCUT2D eigenvalue weighted by atomic mass is 9.77. The highest BCUT2D eigenvalue weighted by Crippen LogP contribution is 2.37. The second-order valence-electron chi connectivity index (χ2n) is 9.41. The van der Waals surface area contributed by atoms with Gasteiger partial charge in [-0.3, -0.25) is 0 Å². The van der Waals surface area contributed by atoms with E-state index in [1.165, 1.54) is 50.5 Å². The van der Waals surface area contributed by atoms with Crippen molar-refractivity contribution in [3.63, 3.8) is 0 Å². The number of benzene rings is 2. The third kappa shape index (κ3) is 6.57. The molecule has 1 aliphatic rings. The second-order valence-corrected chi connectivity index (χ2v) is 9.41. The van der Waals surface area contributed by atoms with E-state index in [9.17, 15) is 0 Å². The van der Waals surface area contributed by atoms with Crippen LogP contribution in [-0.2, 0) is 6.42 Å². The number of hydrogen-bond donors (Lipinski definition) is 0. The molecule has 1 nitrogen and oxygen atoms in total. The molecule has 1 aliphatic carbocycles. The van der Waals surface area contributed by atoms with Crippen LogP contribution in [0.1, 0.15) is 90.5 Å². The second kappa shape index (κ2) is 12.3. The fourth-order valence-electron chi connectivity index (χ4n) is 5.33. The minimum absolute atomic E-state index is 0.133. The Labute approximate surface area is 189 Å². The van der Waals surface area contributed by atoms with E-state index in [0.29, 0.717) is 17.6 Å². The van der Waals surface area contributed by atoms with Crippen LogP contribution in [0.4, 0.5) is 4.39 Å². The van der Waals surface area contributed by atoms with E-state index in [1.54, 1.807) is 6.07 Å². The third-order valence-corrected chi connectivity index (χ3v) is 6.92. The van der Waals surface area contributed by atoms with Crippen LogP contribution in [0.15, 0.2) is 42.5 Å². The molecule has 0 aromatic heterocycles. The van der Waals surface area contributed by atoms with Crippen LogP contribution in [0.2, 0.25) is 0 Å². The molecule has 0 aliphatic heterocycles. The van der Waals surface area contributed by atoms with Crippen molar-refractivity contribution in [3.8, 4) is 16.9 Å². The SMILES string of the molecule is CCCc1ccc(-c2ccc(OC(C(CCC)CCC)C3CCCCC3)c(F)c2)cc1. The standard InChI is InChI=1S/C29H41FO/c1-4-10-22-15-17-23(18-16-22)26-19-20-28(27(30)21-26)31-29(24(11-5-2)12-6-3)25-13-8-7-9-14-25/h15-21,24-25,29H,4-14H2,1-3H3. The Balaban J connectivity index is 1.80. The quantitative estimate of drug-likeness (QED) is 0.350. The molecule has 0 saturated heterocycles. The highest BCUT2D eigenvalue weighted by atomic mass is 19.1. The zero-order chi connectivity index (χ0) is 22.1. The lowest BCUT2D eigenvalue weighted by Crippen LogP contribution is -2.36. The highest BCUT2D eigenvalue weighted by Gasteiger charge is 2.32. The summed E-state index contributed by atoms with van der Waals surface area (Å²) in [6.45, 7) is 6.69. The highest BCUT2D eigenvalue weighted by molar-refractivity contribution is 5.64. The first kappa shape index (κ1) is 23.8. The summed E-state index contributed by atoms with van der Waals surface area (Å²) >= 11 is 0. The Morgan fingerprint density at radius 3 is 2.06 bits per heavy atom. The van der Waals surface area contributed by atoms with Gasteiger partial charge in [0.1, 0.15) is 6.10 Å². The van der Waals surface area contributed by atoms with Crippen molar-refractivity contribution >= 4 is 0 Å². The van der Waals surface area contributed by atoms with Gasteiger partial charge in [-0.1, -0.05) is 89.6 Å². The maximum atomic E-state index is 15.2. The Morgan fingerprint density at radius 1 is 0.839 bits per heavy atom. The van der Waals surface area contributed by atoms with E-state index in [4.69, 9.17) is 4.74 Å². The molecule has 0 amide bonds. The van der Waals surface area contributed by atoms with Gasteiger partial charge in [-0.2, -0.15) is 0 Å². The maximum Gasteiger partial charge on any atom is 0.165 e. The molecule has 1 atom stereocenters. The summed E-state index contributed by atoms with van der Waals surface area (Å²) in [5, 5.41) is 0. The molecule has 0 spiro atoms. The molecule has 0 radical (unpaired) electrons. The van der Waals surface area contributed by atoms with Crippen LogP contribution >= 0.6 is 0 Å². The smallest absolute Gasteiger partial charge is 0.165 e. The van der Waals surface area contributed by atoms with Gasteiger partial charge in [-0.05, 0) is 72.8 Å². The average Bonchev–Trinajstić information content (AvgIpc) is 2.79. The number of hydrogen-bond acceptors (Lipinski definition) is 1. The van der Waals surface area contributed by atoms with Gasteiger partial charge in [0, 0.05) is 0 Å². The molecule has 2 heteroatoms. The van der Waals surface area contributed by atoms with Gasteiger partial charge in [0.05, 0.1) is 0 Å². The van der Waals surface area contributed by atoms with Crippen molar-refractivity contribution in [2.45, 2.75) is 97.5 Å². The van der Waals surface area contributed by atoms with Crippen LogP contribution in [-0.4, -0.2) is 6.10 Å². The van der Waals surface area contributed by atoms with Gasteiger partial charge in [-0.15, -0.1) is 0 Å². The average molecular weight is 425 g/mol. The third-order valence-electron chi connectivity index (χ3n) is 6.92. The fourth-order valence-corrected chi connectivity index (χ4v) is 5.33. The zero-order valence-corrected chi connectivity index (χ0v) is 19.8. The molecule has 1 saturated carbocycles. The van der Waals surface area contributed by atoms with Crippen LogP contribution in [0.3, 0.4) is 0 Å². The summed E-state index contributed by atoms with van der Waals surface area (Å²) in [7, 11) is 0. The first-order chi connectivity index (χ1) is 15.2. The normalized spacial score (nSPS) is 15.9. The van der Waals surface area contributed by atoms with Crippen molar-refractivity contribution in [1.29, 1.82) is 0 Å². The number of rotatable bonds is 11. The number of halogens is 1. The molecule has 3 rings (SSSR count). The molecule has 170 valence electrons. The fraction of sp³-hybridized carbons (Fsp3) is 0.586. The largest absolute Gasteiger partial charge is 0.487 e. The minimum Gasteiger partial charge on any atom is -0.487 e. The molecule has 2 aromatic rings. The molecule has 31 heavy (non-hydrogen) atoms. The molecule has 2 aromatic carbocycles. The Kier molecular flexibility index (Phi) is 9.43. The summed E-state index contributed by atoms with van der Waals surface area (Å²) < 4.78 is 21.7. The zero-order valence-electron chi connectivity index (χ0n) is 19.8. The predicted octanol–water partition coefficient (Wildman–Crippen LogP) is 8.99. The van der Waals surface area contributed by atoms with E-state index in [1.807, 2.05) is 12.1 Å². The Morgan fingerprint density at radius 2 is 1.48 bits per heavy atom. The van der Waals surface area contributed by atoms with Crippen molar-refractivity contribution in [2.24, 2.45) is 11.8 Å². The minimum atomic E-state index is -0.234. The topological polar surface area (TPSA) is 9.23 Å². The number of aryl methyl sites for hydroxylation is 1. The molecule has 0 bridgehead atoms. The van der Waals surface area contributed by atoms with E-state index in [2.05, 4.69) is 45.0 Å². The summed E-state index contributed by atoms with van der Waals surface area (Å²) in [6.07, 6.45) is 13.3. The lowest BCUT2D eigenvalue weighted by Gasteiger charge is -2.36. The molecular weight excluding hydrogens is 383 g/mol. The Bertz CT molecular complexity index is 770. The van der Waals surface area contributed by atoms with Gasteiger partial charge >= 0.3 is 0 Å². The summed E-state index contributed by atoms with van der Waals surface area (Å²) in [6, 6.07) is 14.0. The molecule has 0 N–H and O–H groups in total.